The Bertz CT molecular complexity index is 797. The van der Waals surface area contributed by atoms with Crippen molar-refractivity contribution in [2.45, 2.75) is 44.5 Å². The molecule has 1 fully saturated rings. The van der Waals surface area contributed by atoms with E-state index in [0.717, 1.165) is 47.5 Å². The molecule has 2 unspecified atom stereocenters. The van der Waals surface area contributed by atoms with Crippen LogP contribution in [0.1, 0.15) is 36.8 Å². The first-order chi connectivity index (χ1) is 12.7. The van der Waals surface area contributed by atoms with Crippen LogP contribution in [-0.2, 0) is 11.1 Å². The van der Waals surface area contributed by atoms with Gasteiger partial charge in [-0.3, -0.25) is 4.98 Å². The van der Waals surface area contributed by atoms with E-state index in [9.17, 15) is 5.02 Å². The van der Waals surface area contributed by atoms with Gasteiger partial charge in [0.15, 0.2) is 11.5 Å². The van der Waals surface area contributed by atoms with Gasteiger partial charge in [-0.2, -0.15) is 0 Å². The van der Waals surface area contributed by atoms with Crippen molar-refractivity contribution in [1.29, 1.82) is 0 Å². The van der Waals surface area contributed by atoms with Gasteiger partial charge in [0, 0.05) is 36.0 Å². The Kier molecular flexibility index (Phi) is 4.87. The zero-order valence-electron chi connectivity index (χ0n) is 15.3. The molecule has 0 radical (unpaired) electrons. The molecule has 2 atom stereocenters. The number of hydrogen-bond donors (Lipinski definition) is 1. The SMILES string of the molecule is CCC1CCc2c(-c3cncc(C4COB(O)C4)c3)ccc(OC)c2O1. The second kappa shape index (κ2) is 7.29. The Morgan fingerprint density at radius 2 is 2.23 bits per heavy atom. The molecule has 2 aromatic rings. The third kappa shape index (κ3) is 3.19. The van der Waals surface area contributed by atoms with Gasteiger partial charge in [-0.05, 0) is 48.8 Å². The van der Waals surface area contributed by atoms with E-state index >= 15 is 0 Å². The molecular weight excluding hydrogens is 329 g/mol. The maximum atomic E-state index is 9.64. The van der Waals surface area contributed by atoms with Crippen LogP contribution in [0.4, 0.5) is 0 Å². The number of fused-ring (bicyclic) bond motifs is 1. The molecule has 4 rings (SSSR count). The summed E-state index contributed by atoms with van der Waals surface area (Å²) in [4.78, 5) is 4.44. The van der Waals surface area contributed by atoms with Gasteiger partial charge in [0.2, 0.25) is 0 Å². The number of methoxy groups -OCH3 is 1. The molecule has 2 aliphatic heterocycles. The largest absolute Gasteiger partial charge is 0.493 e. The molecule has 26 heavy (non-hydrogen) atoms. The second-order valence-electron chi connectivity index (χ2n) is 7.04. The highest BCUT2D eigenvalue weighted by molar-refractivity contribution is 6.43. The van der Waals surface area contributed by atoms with Crippen LogP contribution in [0.25, 0.3) is 11.1 Å². The molecule has 0 bridgehead atoms. The average molecular weight is 353 g/mol. The van der Waals surface area contributed by atoms with E-state index in [4.69, 9.17) is 14.1 Å². The van der Waals surface area contributed by atoms with E-state index in [2.05, 4.69) is 24.0 Å². The molecule has 1 N–H and O–H groups in total. The van der Waals surface area contributed by atoms with Gasteiger partial charge in [0.1, 0.15) is 0 Å². The second-order valence-corrected chi connectivity index (χ2v) is 7.04. The number of rotatable bonds is 4. The van der Waals surface area contributed by atoms with Gasteiger partial charge < -0.3 is 19.2 Å². The highest BCUT2D eigenvalue weighted by Crippen LogP contribution is 2.43. The molecule has 6 heteroatoms. The van der Waals surface area contributed by atoms with Gasteiger partial charge >= 0.3 is 7.12 Å². The summed E-state index contributed by atoms with van der Waals surface area (Å²) >= 11 is 0. The lowest BCUT2D eigenvalue weighted by atomic mass is 9.79. The number of benzene rings is 1. The number of ether oxygens (including phenoxy) is 2. The lowest BCUT2D eigenvalue weighted by Gasteiger charge is -2.28. The minimum absolute atomic E-state index is 0.187. The summed E-state index contributed by atoms with van der Waals surface area (Å²) in [5.41, 5.74) is 4.51. The lowest BCUT2D eigenvalue weighted by Crippen LogP contribution is -2.22. The van der Waals surface area contributed by atoms with Crippen LogP contribution in [0.5, 0.6) is 11.5 Å². The molecule has 0 amide bonds. The number of pyridine rings is 1. The molecular formula is C20H24BNO4. The first-order valence-electron chi connectivity index (χ1n) is 9.31. The molecule has 2 aliphatic rings. The van der Waals surface area contributed by atoms with E-state index < -0.39 is 7.12 Å². The minimum Gasteiger partial charge on any atom is -0.493 e. The maximum absolute atomic E-state index is 9.64. The quantitative estimate of drug-likeness (QED) is 0.853. The molecule has 0 spiro atoms. The number of aromatic nitrogens is 1. The van der Waals surface area contributed by atoms with Crippen LogP contribution < -0.4 is 9.47 Å². The smallest absolute Gasteiger partial charge is 0.454 e. The fourth-order valence-corrected chi connectivity index (χ4v) is 3.90. The van der Waals surface area contributed by atoms with Crippen molar-refractivity contribution < 1.29 is 19.2 Å². The Morgan fingerprint density at radius 3 is 2.96 bits per heavy atom. The van der Waals surface area contributed by atoms with Gasteiger partial charge in [0.05, 0.1) is 13.2 Å². The topological polar surface area (TPSA) is 60.8 Å². The Morgan fingerprint density at radius 1 is 1.35 bits per heavy atom. The van der Waals surface area contributed by atoms with Gasteiger partial charge in [-0.25, -0.2) is 0 Å². The van der Waals surface area contributed by atoms with Crippen molar-refractivity contribution in [3.05, 3.63) is 41.7 Å². The molecule has 136 valence electrons. The summed E-state index contributed by atoms with van der Waals surface area (Å²) < 4.78 is 17.0. The van der Waals surface area contributed by atoms with Crippen molar-refractivity contribution >= 4 is 7.12 Å². The average Bonchev–Trinajstić information content (AvgIpc) is 3.13. The molecule has 3 heterocycles. The van der Waals surface area contributed by atoms with Crippen LogP contribution in [0.2, 0.25) is 6.32 Å². The molecule has 1 aromatic heterocycles. The molecule has 1 saturated heterocycles. The van der Waals surface area contributed by atoms with Crippen molar-refractivity contribution in [1.82, 2.24) is 4.98 Å². The van der Waals surface area contributed by atoms with Gasteiger partial charge in [-0.1, -0.05) is 13.0 Å². The van der Waals surface area contributed by atoms with Gasteiger partial charge in [0.25, 0.3) is 0 Å². The maximum Gasteiger partial charge on any atom is 0.454 e. The predicted molar refractivity (Wildman–Crippen MR) is 101 cm³/mol. The summed E-state index contributed by atoms with van der Waals surface area (Å²) in [7, 11) is 1.01. The Balaban J connectivity index is 1.72. The zero-order chi connectivity index (χ0) is 18.1. The predicted octanol–water partition coefficient (Wildman–Crippen LogP) is 3.46. The molecule has 0 saturated carbocycles. The molecule has 0 aliphatic carbocycles. The summed E-state index contributed by atoms with van der Waals surface area (Å²) in [6, 6.07) is 6.22. The Labute approximate surface area is 154 Å². The van der Waals surface area contributed by atoms with Crippen molar-refractivity contribution in [3.63, 3.8) is 0 Å². The first-order valence-corrected chi connectivity index (χ1v) is 9.31. The van der Waals surface area contributed by atoms with Crippen LogP contribution in [0.15, 0.2) is 30.6 Å². The molecule has 1 aromatic carbocycles. The van der Waals surface area contributed by atoms with Crippen LogP contribution in [0, 0.1) is 0 Å². The normalized spacial score (nSPS) is 22.0. The minimum atomic E-state index is -0.670. The van der Waals surface area contributed by atoms with E-state index in [1.165, 1.54) is 5.56 Å². The van der Waals surface area contributed by atoms with Gasteiger partial charge in [-0.15, -0.1) is 0 Å². The van der Waals surface area contributed by atoms with Crippen LogP contribution in [0.3, 0.4) is 0 Å². The summed E-state index contributed by atoms with van der Waals surface area (Å²) in [5.74, 6) is 1.85. The standard InChI is InChI=1S/C20H24BNO4/c1-3-16-4-5-18-17(6-7-19(24-2)20(18)26-16)14-8-13(10-22-11-14)15-9-21(23)25-12-15/h6-8,10-11,15-16,23H,3-5,9,12H2,1-2H3. The van der Waals surface area contributed by atoms with Crippen molar-refractivity contribution in [3.8, 4) is 22.6 Å². The van der Waals surface area contributed by atoms with E-state index in [1.54, 1.807) is 7.11 Å². The highest BCUT2D eigenvalue weighted by atomic mass is 16.5. The monoisotopic (exact) mass is 353 g/mol. The van der Waals surface area contributed by atoms with E-state index in [-0.39, 0.29) is 12.0 Å². The van der Waals surface area contributed by atoms with Crippen molar-refractivity contribution in [2.75, 3.05) is 13.7 Å². The summed E-state index contributed by atoms with van der Waals surface area (Å²) in [6.07, 6.45) is 7.60. The fourth-order valence-electron chi connectivity index (χ4n) is 3.90. The highest BCUT2D eigenvalue weighted by Gasteiger charge is 2.30. The third-order valence-corrected chi connectivity index (χ3v) is 5.42. The Hall–Kier alpha value is -2.05. The summed E-state index contributed by atoms with van der Waals surface area (Å²) in [5, 5.41) is 9.64. The zero-order valence-corrected chi connectivity index (χ0v) is 15.3. The van der Waals surface area contributed by atoms with Crippen molar-refractivity contribution in [2.24, 2.45) is 0 Å². The number of hydrogen-bond acceptors (Lipinski definition) is 5. The van der Waals surface area contributed by atoms with Crippen LogP contribution >= 0.6 is 0 Å². The van der Waals surface area contributed by atoms with E-state index in [1.807, 2.05) is 18.5 Å². The fraction of sp³-hybridized carbons (Fsp3) is 0.450. The summed E-state index contributed by atoms with van der Waals surface area (Å²) in [6.45, 7) is 2.69. The third-order valence-electron chi connectivity index (χ3n) is 5.42. The molecule has 5 nitrogen and oxygen atoms in total. The number of nitrogens with zero attached hydrogens (tertiary/aromatic N) is 1. The first kappa shape index (κ1) is 17.4. The lowest BCUT2D eigenvalue weighted by molar-refractivity contribution is 0.162. The van der Waals surface area contributed by atoms with Crippen LogP contribution in [-0.4, -0.2) is 36.9 Å². The van der Waals surface area contributed by atoms with E-state index in [0.29, 0.717) is 12.9 Å².